The number of Topliss-reactive ketones (excluding diaryl/α,β-unsaturated/α-hetero) is 1. The first kappa shape index (κ1) is 13.7. The third-order valence-corrected chi connectivity index (χ3v) is 3.77. The van der Waals surface area contributed by atoms with Gasteiger partial charge in [-0.2, -0.15) is 0 Å². The lowest BCUT2D eigenvalue weighted by Crippen LogP contribution is -2.15. The molecule has 0 radical (unpaired) electrons. The number of hydrogen-bond acceptors (Lipinski definition) is 6. The molecule has 5 nitrogen and oxygen atoms in total. The number of esters is 1. The summed E-state index contributed by atoms with van der Waals surface area (Å²) in [5.41, 5.74) is 1.48. The number of nitrogens with zero attached hydrogens (tertiary/aromatic N) is 2. The van der Waals surface area contributed by atoms with Crippen molar-refractivity contribution in [2.75, 3.05) is 20.7 Å². The van der Waals surface area contributed by atoms with Crippen LogP contribution in [-0.2, 0) is 11.2 Å². The number of aromatic nitrogens is 1. The van der Waals surface area contributed by atoms with E-state index in [0.29, 0.717) is 30.0 Å². The van der Waals surface area contributed by atoms with Gasteiger partial charge in [-0.05, 0) is 19.8 Å². The summed E-state index contributed by atoms with van der Waals surface area (Å²) in [5.74, 6) is -0.476. The van der Waals surface area contributed by atoms with Crippen molar-refractivity contribution in [2.24, 2.45) is 0 Å². The number of fused-ring (bicyclic) bond motifs is 1. The van der Waals surface area contributed by atoms with Crippen LogP contribution >= 0.6 is 11.3 Å². The molecule has 0 unspecified atom stereocenters. The van der Waals surface area contributed by atoms with Gasteiger partial charge in [-0.25, -0.2) is 9.78 Å². The van der Waals surface area contributed by atoms with Crippen molar-refractivity contribution in [1.29, 1.82) is 0 Å². The summed E-state index contributed by atoms with van der Waals surface area (Å²) < 4.78 is 4.91. The summed E-state index contributed by atoms with van der Waals surface area (Å²) in [5, 5.41) is 0.270. The molecule has 2 rings (SSSR count). The lowest BCUT2D eigenvalue weighted by molar-refractivity contribution is 0.0525. The van der Waals surface area contributed by atoms with E-state index in [1.165, 1.54) is 0 Å². The highest BCUT2D eigenvalue weighted by Gasteiger charge is 2.28. The van der Waals surface area contributed by atoms with Gasteiger partial charge in [-0.3, -0.25) is 4.79 Å². The van der Waals surface area contributed by atoms with E-state index in [4.69, 9.17) is 4.74 Å². The molecule has 0 amide bonds. The minimum Gasteiger partial charge on any atom is -0.461 e. The molecule has 0 saturated carbocycles. The smallest absolute Gasteiger partial charge is 0.367 e. The predicted molar refractivity (Wildman–Crippen MR) is 72.5 cm³/mol. The quantitative estimate of drug-likeness (QED) is 0.625. The topological polar surface area (TPSA) is 59.5 Å². The fraction of sp³-hybridized carbons (Fsp3) is 0.462. The zero-order valence-corrected chi connectivity index (χ0v) is 12.0. The summed E-state index contributed by atoms with van der Waals surface area (Å²) in [4.78, 5) is 30.5. The predicted octanol–water partition coefficient (Wildman–Crippen LogP) is 1.89. The molecule has 0 N–H and O–H groups in total. The molecule has 6 heteroatoms. The Labute approximate surface area is 115 Å². The Hall–Kier alpha value is -1.69. The van der Waals surface area contributed by atoms with Crippen LogP contribution in [0.1, 0.15) is 38.5 Å². The van der Waals surface area contributed by atoms with Gasteiger partial charge in [0.15, 0.2) is 0 Å². The molecule has 1 aliphatic rings. The first-order valence-corrected chi connectivity index (χ1v) is 6.93. The van der Waals surface area contributed by atoms with Gasteiger partial charge in [-0.1, -0.05) is 0 Å². The van der Waals surface area contributed by atoms with Crippen molar-refractivity contribution in [3.05, 3.63) is 27.4 Å². The molecule has 0 atom stereocenters. The van der Waals surface area contributed by atoms with E-state index < -0.39 is 5.97 Å². The van der Waals surface area contributed by atoms with Crippen molar-refractivity contribution in [2.45, 2.75) is 19.8 Å². The number of carbonyl (C=O) groups excluding carboxylic acids is 2. The molecule has 0 fully saturated rings. The molecule has 1 aliphatic carbocycles. The van der Waals surface area contributed by atoms with Crippen LogP contribution in [0.2, 0.25) is 0 Å². The standard InChI is InChI=1S/C13H16N2O3S/c1-4-18-13(17)12-14-9-6-5-8(7-15(2)3)10(16)11(9)19-12/h7H,4-6H2,1-3H3. The maximum atomic E-state index is 12.3. The molecule has 19 heavy (non-hydrogen) atoms. The molecule has 0 saturated heterocycles. The third-order valence-electron chi connectivity index (χ3n) is 2.69. The summed E-state index contributed by atoms with van der Waals surface area (Å²) in [6.45, 7) is 2.05. The molecule has 102 valence electrons. The summed E-state index contributed by atoms with van der Waals surface area (Å²) >= 11 is 1.13. The van der Waals surface area contributed by atoms with Gasteiger partial charge in [0.05, 0.1) is 17.2 Å². The number of hydrogen-bond donors (Lipinski definition) is 0. The SMILES string of the molecule is CCOC(=O)c1nc2c(s1)C(=O)C(=CN(C)C)CC2. The van der Waals surface area contributed by atoms with Crippen LogP contribution < -0.4 is 0 Å². The second kappa shape index (κ2) is 5.52. The molecule has 0 aromatic carbocycles. The van der Waals surface area contributed by atoms with Crippen LogP contribution in [-0.4, -0.2) is 42.3 Å². The second-order valence-electron chi connectivity index (χ2n) is 4.46. The molecular weight excluding hydrogens is 264 g/mol. The molecular formula is C13H16N2O3S. The highest BCUT2D eigenvalue weighted by molar-refractivity contribution is 7.15. The van der Waals surface area contributed by atoms with Crippen LogP contribution in [0.5, 0.6) is 0 Å². The van der Waals surface area contributed by atoms with Crippen LogP contribution in [0.25, 0.3) is 0 Å². The maximum absolute atomic E-state index is 12.3. The van der Waals surface area contributed by atoms with Gasteiger partial charge >= 0.3 is 5.97 Å². The van der Waals surface area contributed by atoms with Crippen molar-refractivity contribution in [1.82, 2.24) is 9.88 Å². The van der Waals surface area contributed by atoms with Crippen LogP contribution in [0.4, 0.5) is 0 Å². The van der Waals surface area contributed by atoms with Crippen LogP contribution in [0.3, 0.4) is 0 Å². The lowest BCUT2D eigenvalue weighted by atomic mass is 9.96. The normalized spacial score (nSPS) is 16.4. The van der Waals surface area contributed by atoms with E-state index in [-0.39, 0.29) is 10.8 Å². The Kier molecular flexibility index (Phi) is 3.99. The average molecular weight is 280 g/mol. The van der Waals surface area contributed by atoms with E-state index in [9.17, 15) is 9.59 Å². The first-order valence-electron chi connectivity index (χ1n) is 6.11. The Balaban J connectivity index is 2.30. The number of allylic oxidation sites excluding steroid dienone is 1. The number of rotatable bonds is 3. The number of thiazole rings is 1. The van der Waals surface area contributed by atoms with Crippen LogP contribution in [0, 0.1) is 0 Å². The molecule has 0 bridgehead atoms. The Bertz CT molecular complexity index is 546. The number of carbonyl (C=O) groups is 2. The van der Waals surface area contributed by atoms with Crippen molar-refractivity contribution in [3.63, 3.8) is 0 Å². The Morgan fingerprint density at radius 3 is 2.84 bits per heavy atom. The Morgan fingerprint density at radius 1 is 1.47 bits per heavy atom. The fourth-order valence-corrected chi connectivity index (χ4v) is 2.91. The van der Waals surface area contributed by atoms with E-state index in [1.54, 1.807) is 6.92 Å². The third kappa shape index (κ3) is 2.84. The Morgan fingerprint density at radius 2 is 2.21 bits per heavy atom. The van der Waals surface area contributed by atoms with Crippen molar-refractivity contribution < 1.29 is 14.3 Å². The fourth-order valence-electron chi connectivity index (χ4n) is 1.93. The van der Waals surface area contributed by atoms with Crippen LogP contribution in [0.15, 0.2) is 11.8 Å². The zero-order valence-electron chi connectivity index (χ0n) is 11.2. The lowest BCUT2D eigenvalue weighted by Gasteiger charge is -2.14. The van der Waals surface area contributed by atoms with E-state index >= 15 is 0 Å². The van der Waals surface area contributed by atoms with Crippen molar-refractivity contribution >= 4 is 23.1 Å². The summed E-state index contributed by atoms with van der Waals surface area (Å²) in [6.07, 6.45) is 3.18. The largest absolute Gasteiger partial charge is 0.461 e. The van der Waals surface area contributed by atoms with Gasteiger partial charge in [0.25, 0.3) is 0 Å². The van der Waals surface area contributed by atoms with Gasteiger partial charge < -0.3 is 9.64 Å². The number of ketones is 1. The summed E-state index contributed by atoms with van der Waals surface area (Å²) in [6, 6.07) is 0. The number of aryl methyl sites for hydroxylation is 1. The highest BCUT2D eigenvalue weighted by atomic mass is 32.1. The van der Waals surface area contributed by atoms with Gasteiger partial charge in [0.1, 0.15) is 0 Å². The zero-order chi connectivity index (χ0) is 14.0. The minimum atomic E-state index is -0.451. The highest BCUT2D eigenvalue weighted by Crippen LogP contribution is 2.30. The second-order valence-corrected chi connectivity index (χ2v) is 5.46. The van der Waals surface area contributed by atoms with Gasteiger partial charge in [0.2, 0.25) is 10.8 Å². The molecule has 1 heterocycles. The van der Waals surface area contributed by atoms with Crippen molar-refractivity contribution in [3.8, 4) is 0 Å². The minimum absolute atomic E-state index is 0.0250. The van der Waals surface area contributed by atoms with Gasteiger partial charge in [-0.15, -0.1) is 11.3 Å². The molecule has 1 aromatic rings. The molecule has 1 aromatic heterocycles. The number of ether oxygens (including phenoxy) is 1. The first-order chi connectivity index (χ1) is 9.02. The average Bonchev–Trinajstić information content (AvgIpc) is 2.77. The molecule has 0 spiro atoms. The maximum Gasteiger partial charge on any atom is 0.367 e. The van der Waals surface area contributed by atoms with E-state index in [0.717, 1.165) is 16.9 Å². The van der Waals surface area contributed by atoms with E-state index in [1.807, 2.05) is 25.2 Å². The monoisotopic (exact) mass is 280 g/mol. The summed E-state index contributed by atoms with van der Waals surface area (Å²) in [7, 11) is 3.76. The van der Waals surface area contributed by atoms with Gasteiger partial charge in [0, 0.05) is 25.9 Å². The van der Waals surface area contributed by atoms with E-state index in [2.05, 4.69) is 4.98 Å². The molecule has 0 aliphatic heterocycles.